The van der Waals surface area contributed by atoms with Crippen LogP contribution in [0, 0.1) is 0 Å². The van der Waals surface area contributed by atoms with Crippen LogP contribution in [0.1, 0.15) is 25.0 Å². The molecule has 2 aliphatic rings. The Labute approximate surface area is 215 Å². The van der Waals surface area contributed by atoms with Gasteiger partial charge in [0.1, 0.15) is 0 Å². The summed E-state index contributed by atoms with van der Waals surface area (Å²) < 4.78 is 29.9. The molecule has 3 nitrogen and oxygen atoms in total. The van der Waals surface area contributed by atoms with Crippen molar-refractivity contribution in [3.8, 4) is 33.4 Å². The molecule has 6 aromatic rings. The molecule has 5 aromatic carbocycles. The average molecular weight is 498 g/mol. The predicted octanol–water partition coefficient (Wildman–Crippen LogP) is 7.99. The molecule has 1 aliphatic carbocycles. The summed E-state index contributed by atoms with van der Waals surface area (Å²) in [7, 11) is -3.77. The van der Waals surface area contributed by atoms with Crippen LogP contribution in [-0.2, 0) is 15.4 Å². The normalized spacial score (nSPS) is 15.9. The van der Waals surface area contributed by atoms with Crippen molar-refractivity contribution >= 4 is 31.8 Å². The van der Waals surface area contributed by atoms with E-state index < -0.39 is 10.0 Å². The molecule has 0 saturated heterocycles. The minimum atomic E-state index is -3.77. The van der Waals surface area contributed by atoms with E-state index in [0.717, 1.165) is 44.1 Å². The smallest absolute Gasteiger partial charge is 0.233 e. The van der Waals surface area contributed by atoms with E-state index in [-0.39, 0.29) is 5.41 Å². The first kappa shape index (κ1) is 21.0. The first-order valence-electron chi connectivity index (χ1n) is 12.5. The summed E-state index contributed by atoms with van der Waals surface area (Å²) in [4.78, 5) is 0.356. The van der Waals surface area contributed by atoms with E-state index in [0.29, 0.717) is 4.90 Å². The van der Waals surface area contributed by atoms with Crippen LogP contribution in [0.15, 0.2) is 108 Å². The highest BCUT2D eigenvalue weighted by molar-refractivity contribution is 7.90. The molecule has 37 heavy (non-hydrogen) atoms. The maximum absolute atomic E-state index is 14.2. The van der Waals surface area contributed by atoms with Gasteiger partial charge in [0.15, 0.2) is 0 Å². The van der Waals surface area contributed by atoms with Crippen LogP contribution in [0.3, 0.4) is 0 Å². The summed E-state index contributed by atoms with van der Waals surface area (Å²) in [5.74, 6) is 0. The maximum atomic E-state index is 14.2. The zero-order valence-electron chi connectivity index (χ0n) is 20.5. The van der Waals surface area contributed by atoms with Crippen LogP contribution in [-0.4, -0.2) is 12.4 Å². The summed E-state index contributed by atoms with van der Waals surface area (Å²) >= 11 is 0. The van der Waals surface area contributed by atoms with Crippen LogP contribution >= 0.6 is 0 Å². The third-order valence-electron chi connectivity index (χ3n) is 8.32. The molecule has 0 unspecified atom stereocenters. The molecular weight excluding hydrogens is 474 g/mol. The second-order valence-corrected chi connectivity index (χ2v) is 12.4. The Morgan fingerprint density at radius 1 is 0.595 bits per heavy atom. The van der Waals surface area contributed by atoms with Gasteiger partial charge in [-0.2, -0.15) is 0 Å². The fourth-order valence-corrected chi connectivity index (χ4v) is 8.31. The summed E-state index contributed by atoms with van der Waals surface area (Å²) in [5, 5.41) is 1.94. The first-order valence-corrected chi connectivity index (χ1v) is 14.0. The van der Waals surface area contributed by atoms with Crippen molar-refractivity contribution in [1.82, 2.24) is 3.97 Å². The Balaban J connectivity index is 1.59. The summed E-state index contributed by atoms with van der Waals surface area (Å²) in [6.07, 6.45) is 0. The van der Waals surface area contributed by atoms with Gasteiger partial charge in [0, 0.05) is 27.3 Å². The molecule has 0 bridgehead atoms. The van der Waals surface area contributed by atoms with Gasteiger partial charge < -0.3 is 0 Å². The molecule has 0 radical (unpaired) electrons. The predicted molar refractivity (Wildman–Crippen MR) is 150 cm³/mol. The van der Waals surface area contributed by atoms with Gasteiger partial charge in [-0.15, -0.1) is 0 Å². The van der Waals surface area contributed by atoms with Gasteiger partial charge in [0.25, 0.3) is 10.0 Å². The fraction of sp³-hybridized carbons (Fsp3) is 0.0909. The minimum Gasteiger partial charge on any atom is -0.233 e. The molecule has 1 aliphatic heterocycles. The van der Waals surface area contributed by atoms with Crippen molar-refractivity contribution < 1.29 is 8.42 Å². The van der Waals surface area contributed by atoms with Gasteiger partial charge in [-0.25, -0.2) is 12.4 Å². The van der Waals surface area contributed by atoms with E-state index in [1.807, 2.05) is 36.4 Å². The molecule has 0 spiro atoms. The maximum Gasteiger partial charge on any atom is 0.269 e. The number of nitrogens with zero attached hydrogens (tertiary/aromatic N) is 1. The third-order valence-corrected chi connectivity index (χ3v) is 10.1. The Bertz CT molecular complexity index is 2070. The van der Waals surface area contributed by atoms with E-state index in [1.54, 1.807) is 10.0 Å². The second-order valence-electron chi connectivity index (χ2n) is 10.6. The quantitative estimate of drug-likeness (QED) is 0.231. The average Bonchev–Trinajstić information content (AvgIpc) is 3.37. The van der Waals surface area contributed by atoms with Crippen LogP contribution < -0.4 is 0 Å². The molecule has 0 N–H and O–H groups in total. The number of aromatic nitrogens is 1. The van der Waals surface area contributed by atoms with Crippen molar-refractivity contribution in [2.24, 2.45) is 0 Å². The molecule has 2 heterocycles. The number of hydrogen-bond donors (Lipinski definition) is 0. The summed E-state index contributed by atoms with van der Waals surface area (Å²) in [6.45, 7) is 4.45. The van der Waals surface area contributed by atoms with Crippen molar-refractivity contribution in [3.63, 3.8) is 0 Å². The zero-order valence-corrected chi connectivity index (χ0v) is 21.3. The van der Waals surface area contributed by atoms with Crippen LogP contribution in [0.5, 0.6) is 0 Å². The monoisotopic (exact) mass is 497 g/mol. The van der Waals surface area contributed by atoms with Gasteiger partial charge in [-0.1, -0.05) is 86.6 Å². The van der Waals surface area contributed by atoms with Crippen molar-refractivity contribution in [3.05, 3.63) is 114 Å². The molecule has 8 rings (SSSR count). The van der Waals surface area contributed by atoms with Gasteiger partial charge in [0.2, 0.25) is 0 Å². The van der Waals surface area contributed by atoms with E-state index in [2.05, 4.69) is 74.5 Å². The SMILES string of the molecule is CC1(C)c2ccccc2-c2cc3c4cc(-c5ccccc5)cc5c4n(c3cc21)S(=O)(=O)c1ccccc1-5. The number of benzene rings is 5. The molecule has 1 aromatic heterocycles. The lowest BCUT2D eigenvalue weighted by Gasteiger charge is -2.23. The van der Waals surface area contributed by atoms with Gasteiger partial charge in [-0.3, -0.25) is 0 Å². The van der Waals surface area contributed by atoms with Crippen LogP contribution in [0.25, 0.3) is 55.2 Å². The Morgan fingerprint density at radius 3 is 2.11 bits per heavy atom. The van der Waals surface area contributed by atoms with Gasteiger partial charge in [0.05, 0.1) is 15.9 Å². The summed E-state index contributed by atoms with van der Waals surface area (Å²) in [6, 6.07) is 34.9. The topological polar surface area (TPSA) is 39.1 Å². The molecule has 0 fully saturated rings. The Kier molecular flexibility index (Phi) is 3.85. The van der Waals surface area contributed by atoms with E-state index in [9.17, 15) is 8.42 Å². The molecule has 0 amide bonds. The van der Waals surface area contributed by atoms with Crippen molar-refractivity contribution in [2.45, 2.75) is 24.2 Å². The molecular formula is C33H23NO2S. The third kappa shape index (κ3) is 2.53. The minimum absolute atomic E-state index is 0.217. The van der Waals surface area contributed by atoms with Crippen molar-refractivity contribution in [2.75, 3.05) is 0 Å². The molecule has 4 heteroatoms. The largest absolute Gasteiger partial charge is 0.269 e. The summed E-state index contributed by atoms with van der Waals surface area (Å²) in [5.41, 5.74) is 10.1. The van der Waals surface area contributed by atoms with Gasteiger partial charge in [-0.05, 0) is 63.7 Å². The van der Waals surface area contributed by atoms with Crippen LogP contribution in [0.4, 0.5) is 0 Å². The highest BCUT2D eigenvalue weighted by Crippen LogP contribution is 2.53. The highest BCUT2D eigenvalue weighted by Gasteiger charge is 2.38. The lowest BCUT2D eigenvalue weighted by molar-refractivity contribution is 0.590. The number of rotatable bonds is 1. The first-order chi connectivity index (χ1) is 17.9. The Morgan fingerprint density at radius 2 is 1.30 bits per heavy atom. The van der Waals surface area contributed by atoms with E-state index in [1.165, 1.54) is 22.3 Å². The van der Waals surface area contributed by atoms with E-state index in [4.69, 9.17) is 0 Å². The van der Waals surface area contributed by atoms with E-state index >= 15 is 0 Å². The highest BCUT2D eigenvalue weighted by atomic mass is 32.2. The fourth-order valence-electron chi connectivity index (χ4n) is 6.56. The van der Waals surface area contributed by atoms with Gasteiger partial charge >= 0.3 is 0 Å². The zero-order chi connectivity index (χ0) is 25.1. The molecule has 0 atom stereocenters. The molecule has 0 saturated carbocycles. The van der Waals surface area contributed by atoms with Crippen molar-refractivity contribution in [1.29, 1.82) is 0 Å². The number of fused-ring (bicyclic) bond motifs is 8. The number of hydrogen-bond acceptors (Lipinski definition) is 2. The lowest BCUT2D eigenvalue weighted by Crippen LogP contribution is -2.18. The molecule has 178 valence electrons. The Hall–Kier alpha value is -4.15. The van der Waals surface area contributed by atoms with Crippen LogP contribution in [0.2, 0.25) is 0 Å². The second kappa shape index (κ2) is 6.78. The standard InChI is InChI=1S/C33H23NO2S/c1-33(2)28-14-8-6-12-22(28)24-18-25-27-17-21(20-10-4-3-5-11-20)16-26-23-13-7-9-15-31(23)37(35,36)34(32(26)27)30(25)19-29(24)33/h3-19H,1-2H3. The lowest BCUT2D eigenvalue weighted by atomic mass is 9.82.